The van der Waals surface area contributed by atoms with E-state index in [-0.39, 0.29) is 0 Å². The third-order valence-electron chi connectivity index (χ3n) is 3.06. The number of hydrogen-bond acceptors (Lipinski definition) is 2. The maximum atomic E-state index is 5.27. The number of rotatable bonds is 5. The van der Waals surface area contributed by atoms with Gasteiger partial charge in [-0.25, -0.2) is 4.98 Å². The molecule has 21 heavy (non-hydrogen) atoms. The minimum Gasteiger partial charge on any atom is -0.362 e. The van der Waals surface area contributed by atoms with Crippen LogP contribution in [-0.4, -0.2) is 16.6 Å². The lowest BCUT2D eigenvalue weighted by Gasteiger charge is -2.10. The van der Waals surface area contributed by atoms with E-state index in [2.05, 4.69) is 55.8 Å². The number of nitrogens with one attached hydrogen (secondary N) is 2. The fourth-order valence-corrected chi connectivity index (χ4v) is 2.33. The van der Waals surface area contributed by atoms with Crippen molar-refractivity contribution in [1.82, 2.24) is 10.3 Å². The number of halogens is 1. The summed E-state index contributed by atoms with van der Waals surface area (Å²) < 4.78 is 0.995. The Morgan fingerprint density at radius 3 is 2.76 bits per heavy atom. The summed E-state index contributed by atoms with van der Waals surface area (Å²) in [7, 11) is 0. The predicted octanol–water partition coefficient (Wildman–Crippen LogP) is 4.07. The summed E-state index contributed by atoms with van der Waals surface area (Å²) in [5.41, 5.74) is 2.47. The van der Waals surface area contributed by atoms with Crippen LogP contribution < -0.4 is 10.6 Å². The minimum atomic E-state index is 0.609. The molecular weight excluding hydrogens is 346 g/mol. The van der Waals surface area contributed by atoms with Gasteiger partial charge in [0.1, 0.15) is 5.82 Å². The summed E-state index contributed by atoms with van der Waals surface area (Å²) in [5, 5.41) is 6.91. The van der Waals surface area contributed by atoms with E-state index in [0.29, 0.717) is 5.11 Å². The molecule has 0 aliphatic heterocycles. The zero-order chi connectivity index (χ0) is 15.1. The van der Waals surface area contributed by atoms with Crippen LogP contribution in [0.5, 0.6) is 0 Å². The molecule has 0 amide bonds. The second-order valence-corrected chi connectivity index (χ2v) is 6.05. The van der Waals surface area contributed by atoms with Crippen LogP contribution in [0.2, 0.25) is 0 Å². The van der Waals surface area contributed by atoms with Crippen molar-refractivity contribution >= 4 is 39.1 Å². The normalized spacial score (nSPS) is 10.2. The van der Waals surface area contributed by atoms with E-state index in [4.69, 9.17) is 12.2 Å². The molecule has 0 aliphatic rings. The number of nitrogens with zero attached hydrogens (tertiary/aromatic N) is 1. The summed E-state index contributed by atoms with van der Waals surface area (Å²) >= 11 is 8.70. The van der Waals surface area contributed by atoms with Gasteiger partial charge in [0, 0.05) is 17.2 Å². The third-order valence-corrected chi connectivity index (χ3v) is 4.14. The summed E-state index contributed by atoms with van der Waals surface area (Å²) in [4.78, 5) is 4.27. The zero-order valence-corrected chi connectivity index (χ0v) is 14.3. The van der Waals surface area contributed by atoms with E-state index in [1.807, 2.05) is 19.1 Å². The highest BCUT2D eigenvalue weighted by Crippen LogP contribution is 2.17. The van der Waals surface area contributed by atoms with Crippen molar-refractivity contribution in [2.75, 3.05) is 11.9 Å². The smallest absolute Gasteiger partial charge is 0.171 e. The van der Waals surface area contributed by atoms with Crippen molar-refractivity contribution in [2.24, 2.45) is 0 Å². The molecule has 1 aromatic heterocycles. The van der Waals surface area contributed by atoms with Gasteiger partial charge in [-0.2, -0.15) is 0 Å². The summed E-state index contributed by atoms with van der Waals surface area (Å²) in [6.45, 7) is 2.86. The molecule has 0 aliphatic carbocycles. The molecular formula is C16H18BrN3S. The Bertz CT molecular complexity index is 602. The van der Waals surface area contributed by atoms with E-state index in [1.165, 1.54) is 5.56 Å². The molecule has 2 aromatic rings. The van der Waals surface area contributed by atoms with Crippen LogP contribution in [0.15, 0.2) is 47.1 Å². The van der Waals surface area contributed by atoms with Crippen LogP contribution in [0.1, 0.15) is 17.5 Å². The number of hydrogen-bond donors (Lipinski definition) is 2. The van der Waals surface area contributed by atoms with E-state index < -0.39 is 0 Å². The van der Waals surface area contributed by atoms with Gasteiger partial charge in [0.25, 0.3) is 0 Å². The van der Waals surface area contributed by atoms with Crippen LogP contribution in [0.4, 0.5) is 5.82 Å². The van der Waals surface area contributed by atoms with E-state index in [1.54, 1.807) is 6.20 Å². The molecule has 5 heteroatoms. The molecule has 0 saturated carbocycles. The van der Waals surface area contributed by atoms with Gasteiger partial charge < -0.3 is 10.6 Å². The SMILES string of the molecule is Cc1cc(NC(=S)NCCCc2ccccc2)ncc1Br. The number of thiocarbonyl (C=S) groups is 1. The Kier molecular flexibility index (Phi) is 6.14. The van der Waals surface area contributed by atoms with Crippen LogP contribution in [0.25, 0.3) is 0 Å². The van der Waals surface area contributed by atoms with Gasteiger partial charge in [0.05, 0.1) is 0 Å². The number of pyridine rings is 1. The molecule has 0 unspecified atom stereocenters. The summed E-state index contributed by atoms with van der Waals surface area (Å²) in [6, 6.07) is 12.4. The van der Waals surface area contributed by atoms with E-state index >= 15 is 0 Å². The van der Waals surface area contributed by atoms with Crippen LogP contribution >= 0.6 is 28.1 Å². The quantitative estimate of drug-likeness (QED) is 0.620. The van der Waals surface area contributed by atoms with Crippen molar-refractivity contribution in [1.29, 1.82) is 0 Å². The van der Waals surface area contributed by atoms with Gasteiger partial charge in [-0.05, 0) is 65.1 Å². The van der Waals surface area contributed by atoms with Crippen molar-refractivity contribution in [3.05, 3.63) is 58.2 Å². The first kappa shape index (κ1) is 15.9. The Labute approximate surface area is 139 Å². The van der Waals surface area contributed by atoms with E-state index in [0.717, 1.165) is 35.2 Å². The highest BCUT2D eigenvalue weighted by molar-refractivity contribution is 9.10. The molecule has 2 N–H and O–H groups in total. The number of benzene rings is 1. The van der Waals surface area contributed by atoms with Crippen molar-refractivity contribution < 1.29 is 0 Å². The lowest BCUT2D eigenvalue weighted by Crippen LogP contribution is -2.29. The van der Waals surface area contributed by atoms with Crippen molar-refractivity contribution in [3.8, 4) is 0 Å². The highest BCUT2D eigenvalue weighted by atomic mass is 79.9. The number of anilines is 1. The van der Waals surface area contributed by atoms with Gasteiger partial charge in [-0.15, -0.1) is 0 Å². The molecule has 0 fully saturated rings. The van der Waals surface area contributed by atoms with Gasteiger partial charge in [-0.3, -0.25) is 0 Å². The van der Waals surface area contributed by atoms with Gasteiger partial charge in [0.2, 0.25) is 0 Å². The molecule has 3 nitrogen and oxygen atoms in total. The first-order valence-electron chi connectivity index (χ1n) is 6.86. The Hall–Kier alpha value is -1.46. The Morgan fingerprint density at radius 1 is 1.29 bits per heavy atom. The maximum absolute atomic E-state index is 5.27. The zero-order valence-electron chi connectivity index (χ0n) is 11.9. The van der Waals surface area contributed by atoms with E-state index in [9.17, 15) is 0 Å². The van der Waals surface area contributed by atoms with Crippen LogP contribution in [0.3, 0.4) is 0 Å². The maximum Gasteiger partial charge on any atom is 0.171 e. The molecule has 110 valence electrons. The minimum absolute atomic E-state index is 0.609. The average Bonchev–Trinajstić information content (AvgIpc) is 2.49. The lowest BCUT2D eigenvalue weighted by atomic mass is 10.1. The second-order valence-electron chi connectivity index (χ2n) is 4.79. The summed E-state index contributed by atoms with van der Waals surface area (Å²) in [6.07, 6.45) is 3.86. The molecule has 2 rings (SSSR count). The fourth-order valence-electron chi connectivity index (χ4n) is 1.91. The van der Waals surface area contributed by atoms with Crippen molar-refractivity contribution in [2.45, 2.75) is 19.8 Å². The molecule has 0 saturated heterocycles. The third kappa shape index (κ3) is 5.44. The first-order valence-corrected chi connectivity index (χ1v) is 8.06. The van der Waals surface area contributed by atoms with Gasteiger partial charge >= 0.3 is 0 Å². The van der Waals surface area contributed by atoms with Crippen molar-refractivity contribution in [3.63, 3.8) is 0 Å². The van der Waals surface area contributed by atoms with Crippen LogP contribution in [-0.2, 0) is 6.42 Å². The average molecular weight is 364 g/mol. The number of aromatic nitrogens is 1. The standard InChI is InChI=1S/C16H18BrN3S/c1-12-10-15(19-11-14(12)17)20-16(21)18-9-5-8-13-6-3-2-4-7-13/h2-4,6-7,10-11H,5,8-9H2,1H3,(H2,18,19,20,21). The molecule has 0 spiro atoms. The topological polar surface area (TPSA) is 37.0 Å². The molecule has 0 bridgehead atoms. The number of aryl methyl sites for hydroxylation is 2. The lowest BCUT2D eigenvalue weighted by molar-refractivity contribution is 0.777. The Morgan fingerprint density at radius 2 is 2.05 bits per heavy atom. The molecule has 1 aromatic carbocycles. The van der Waals surface area contributed by atoms with Gasteiger partial charge in [-0.1, -0.05) is 30.3 Å². The highest BCUT2D eigenvalue weighted by Gasteiger charge is 2.01. The first-order chi connectivity index (χ1) is 10.1. The molecule has 0 atom stereocenters. The molecule has 0 radical (unpaired) electrons. The fraction of sp³-hybridized carbons (Fsp3) is 0.250. The summed E-state index contributed by atoms with van der Waals surface area (Å²) in [5.74, 6) is 0.760. The Balaban J connectivity index is 1.71. The predicted molar refractivity (Wildman–Crippen MR) is 95.7 cm³/mol. The van der Waals surface area contributed by atoms with Crippen LogP contribution in [0, 0.1) is 6.92 Å². The van der Waals surface area contributed by atoms with Gasteiger partial charge in [0.15, 0.2) is 5.11 Å². The monoisotopic (exact) mass is 363 g/mol. The molecule has 1 heterocycles. The largest absolute Gasteiger partial charge is 0.362 e. The second kappa shape index (κ2) is 8.10.